The number of fused-ring (bicyclic) bond motifs is 6. The van der Waals surface area contributed by atoms with Gasteiger partial charge in [-0.1, -0.05) is 377 Å². The lowest BCUT2D eigenvalue weighted by Crippen LogP contribution is -2.33. The molecule has 2 aliphatic rings. The van der Waals surface area contributed by atoms with Gasteiger partial charge < -0.3 is 10.0 Å². The molecule has 0 unspecified atom stereocenters. The predicted molar refractivity (Wildman–Crippen MR) is 420 cm³/mol. The first-order chi connectivity index (χ1) is 50.3. The van der Waals surface area contributed by atoms with E-state index in [0.29, 0.717) is 34.6 Å². The number of hydrogen-bond donors (Lipinski definition) is 2. The van der Waals surface area contributed by atoms with Gasteiger partial charge in [-0.3, -0.25) is 0 Å². The van der Waals surface area contributed by atoms with Gasteiger partial charge in [-0.05, 0) is 112 Å². The van der Waals surface area contributed by atoms with Crippen LogP contribution in [0.4, 0.5) is 0 Å². The van der Waals surface area contributed by atoms with Crippen molar-refractivity contribution < 1.29 is 10.0 Å². The van der Waals surface area contributed by atoms with Gasteiger partial charge >= 0.3 is 7.12 Å². The molecule has 0 spiro atoms. The second-order valence-corrected chi connectivity index (χ2v) is 25.5. The van der Waals surface area contributed by atoms with Gasteiger partial charge in [0.05, 0.1) is 10.8 Å². The average Bonchev–Trinajstić information content (AvgIpc) is 1.56. The summed E-state index contributed by atoms with van der Waals surface area (Å²) in [7, 11) is -1.50. The molecule has 2 aliphatic carbocycles. The molecule has 0 atom stereocenters. The number of aromatic nitrogens is 6. The molecule has 0 aliphatic heterocycles. The maximum absolute atomic E-state index is 9.84. The molecule has 0 radical (unpaired) electrons. The Labute approximate surface area is 605 Å². The summed E-state index contributed by atoms with van der Waals surface area (Å²) >= 11 is 6.11. The highest BCUT2D eigenvalue weighted by Crippen LogP contribution is 2.58. The summed E-state index contributed by atoms with van der Waals surface area (Å²) in [5.41, 5.74) is 23.2. The summed E-state index contributed by atoms with van der Waals surface area (Å²) < 4.78 is 0. The summed E-state index contributed by atoms with van der Waals surface area (Å²) in [6, 6.07) is 130. The molecule has 0 amide bonds. The molecule has 0 saturated carbocycles. The molecular formula is C93H68BClN6O2. The lowest BCUT2D eigenvalue weighted by molar-refractivity contribution is 0.425. The van der Waals surface area contributed by atoms with E-state index in [0.717, 1.165) is 61.2 Å². The van der Waals surface area contributed by atoms with E-state index in [9.17, 15) is 10.0 Å². The Hall–Kier alpha value is -12.6. The number of halogens is 1. The average molecular weight is 1350 g/mol. The van der Waals surface area contributed by atoms with E-state index < -0.39 is 17.9 Å². The lowest BCUT2D eigenvalue weighted by Gasteiger charge is -2.34. The Morgan fingerprint density at radius 2 is 0.466 bits per heavy atom. The molecule has 0 saturated heterocycles. The molecular weight excluding hydrogens is 1280 g/mol. The van der Waals surface area contributed by atoms with E-state index >= 15 is 0 Å². The minimum Gasteiger partial charge on any atom is -0.423 e. The first-order valence-electron chi connectivity index (χ1n) is 34.0. The third-order valence-corrected chi connectivity index (χ3v) is 19.5. The number of rotatable bonds is 12. The summed E-state index contributed by atoms with van der Waals surface area (Å²) in [6.07, 6.45) is 0. The number of hydrogen-bond acceptors (Lipinski definition) is 8. The second-order valence-electron chi connectivity index (χ2n) is 25.2. The van der Waals surface area contributed by atoms with E-state index in [2.05, 4.69) is 276 Å². The molecule has 10 heteroatoms. The van der Waals surface area contributed by atoms with Gasteiger partial charge in [0, 0.05) is 27.8 Å². The fraction of sp³-hybridized carbons (Fsp3) is 0.0323. The van der Waals surface area contributed by atoms with Crippen LogP contribution in [0, 0.1) is 0 Å². The van der Waals surface area contributed by atoms with Gasteiger partial charge in [0.25, 0.3) is 0 Å². The van der Waals surface area contributed by atoms with Crippen LogP contribution in [0.1, 0.15) is 51.9 Å². The smallest absolute Gasteiger partial charge is 0.423 e. The van der Waals surface area contributed by atoms with E-state index in [1.807, 2.05) is 109 Å². The van der Waals surface area contributed by atoms with Crippen LogP contribution in [0.25, 0.3) is 101 Å². The molecule has 14 aromatic carbocycles. The first-order valence-corrected chi connectivity index (χ1v) is 34.4. The zero-order chi connectivity index (χ0) is 68.8. The van der Waals surface area contributed by atoms with Crippen LogP contribution in [0.5, 0.6) is 0 Å². The summed E-state index contributed by atoms with van der Waals surface area (Å²) in [5, 5.41) is 19.9. The molecule has 492 valence electrons. The topological polar surface area (TPSA) is 118 Å². The fourth-order valence-corrected chi connectivity index (χ4v) is 14.8. The summed E-state index contributed by atoms with van der Waals surface area (Å²) in [5.74, 6) is 3.07. The van der Waals surface area contributed by atoms with Crippen molar-refractivity contribution in [2.24, 2.45) is 0 Å². The third kappa shape index (κ3) is 12.7. The Balaban J connectivity index is 0.000000135. The van der Waals surface area contributed by atoms with Crippen molar-refractivity contribution in [2.45, 2.75) is 18.3 Å². The van der Waals surface area contributed by atoms with Crippen molar-refractivity contribution in [3.8, 4) is 101 Å². The van der Waals surface area contributed by atoms with Gasteiger partial charge in [0.2, 0.25) is 5.28 Å². The van der Waals surface area contributed by atoms with Gasteiger partial charge in [-0.15, -0.1) is 0 Å². The predicted octanol–water partition coefficient (Wildman–Crippen LogP) is 20.8. The highest BCUT2D eigenvalue weighted by molar-refractivity contribution is 6.58. The highest BCUT2D eigenvalue weighted by Gasteiger charge is 2.48. The first kappa shape index (κ1) is 66.3. The summed E-state index contributed by atoms with van der Waals surface area (Å²) in [6.45, 7) is 0. The van der Waals surface area contributed by atoms with Crippen LogP contribution in [0.3, 0.4) is 0 Å². The Morgan fingerprint density at radius 1 is 0.223 bits per heavy atom. The van der Waals surface area contributed by atoms with Crippen molar-refractivity contribution in [1.82, 2.24) is 29.9 Å². The van der Waals surface area contributed by atoms with Gasteiger partial charge in [0.1, 0.15) is 0 Å². The second kappa shape index (κ2) is 29.3. The van der Waals surface area contributed by atoms with Gasteiger partial charge in [-0.2, -0.15) is 9.97 Å². The van der Waals surface area contributed by atoms with Crippen molar-refractivity contribution in [2.75, 3.05) is 0 Å². The molecule has 0 bridgehead atoms. The largest absolute Gasteiger partial charge is 0.488 e. The van der Waals surface area contributed by atoms with E-state index in [4.69, 9.17) is 26.6 Å². The molecule has 103 heavy (non-hydrogen) atoms. The van der Waals surface area contributed by atoms with Crippen molar-refractivity contribution in [1.29, 1.82) is 0 Å². The van der Waals surface area contributed by atoms with Gasteiger partial charge in [-0.25, -0.2) is 19.9 Å². The molecule has 2 heterocycles. The molecule has 16 aromatic rings. The molecule has 18 rings (SSSR count). The SMILES string of the molecule is C.Clc1nc(-c2ccccc2)nc(-c2ccc(-c3ccccc3)cc2)n1.OB(O)c1ccc2c(c1)C(c1ccccc1)(c1ccccc1)c1ccccc1-2.c1ccc(-c2ccc(-c3nc(-c4ccccc4)nc(-c4ccc5c(c4)C(c4ccccc4)(c4ccccc4)c4ccccc4-5)n3)cc2)cc1. The van der Waals surface area contributed by atoms with Crippen LogP contribution < -0.4 is 5.46 Å². The van der Waals surface area contributed by atoms with Crippen molar-refractivity contribution in [3.63, 3.8) is 0 Å². The monoisotopic (exact) mass is 1350 g/mol. The number of benzene rings is 14. The quantitative estimate of drug-likeness (QED) is 0.116. The normalized spacial score (nSPS) is 12.3. The molecule has 2 N–H and O–H groups in total. The van der Waals surface area contributed by atoms with Crippen LogP contribution in [-0.4, -0.2) is 47.1 Å². The van der Waals surface area contributed by atoms with E-state index in [1.165, 1.54) is 55.6 Å². The zero-order valence-corrected chi connectivity index (χ0v) is 56.1. The maximum Gasteiger partial charge on any atom is 0.488 e. The zero-order valence-electron chi connectivity index (χ0n) is 55.3. The minimum absolute atomic E-state index is 0. The van der Waals surface area contributed by atoms with Crippen LogP contribution in [-0.2, 0) is 10.8 Å². The highest BCUT2D eigenvalue weighted by atomic mass is 35.5. The third-order valence-electron chi connectivity index (χ3n) is 19.3. The molecule has 0 fully saturated rings. The summed E-state index contributed by atoms with van der Waals surface area (Å²) in [4.78, 5) is 28.3. The van der Waals surface area contributed by atoms with E-state index in [-0.39, 0.29) is 12.7 Å². The Kier molecular flexibility index (Phi) is 18.8. The Bertz CT molecular complexity index is 5510. The standard InChI is InChI=1S/C46H31N3.C25H19BO2.C21H14ClN3.CH4/c1-5-15-32(16-6-1)33-25-27-35(28-26-33)44-47-43(34-17-7-2-8-18-34)48-45(49-44)36-29-30-40-39-23-13-14-24-41(39)46(42(40)31-36,37-19-9-3-10-20-37)38-21-11-4-12-22-38;27-26(28)20-15-16-22-21-13-7-8-14-23(21)25(24(22)17-20,18-9-3-1-4-10-18)19-11-5-2-6-12-19;22-21-24-19(17-9-5-2-6-10-17)23-20(25-21)18-13-11-16(12-14-18)15-7-3-1-4-8-15;/h1-31H;1-17,27-28H;1-14H;1H4. The van der Waals surface area contributed by atoms with Crippen LogP contribution in [0.2, 0.25) is 5.28 Å². The van der Waals surface area contributed by atoms with Crippen molar-refractivity contribution in [3.05, 3.63) is 426 Å². The van der Waals surface area contributed by atoms with Crippen LogP contribution in [0.15, 0.2) is 376 Å². The van der Waals surface area contributed by atoms with Crippen molar-refractivity contribution >= 4 is 24.2 Å². The minimum atomic E-state index is -1.50. The Morgan fingerprint density at radius 3 is 0.825 bits per heavy atom. The fourth-order valence-electron chi connectivity index (χ4n) is 14.6. The maximum atomic E-state index is 9.84. The van der Waals surface area contributed by atoms with Gasteiger partial charge in [0.15, 0.2) is 29.1 Å². The lowest BCUT2D eigenvalue weighted by atomic mass is 9.66. The van der Waals surface area contributed by atoms with E-state index in [1.54, 1.807) is 6.07 Å². The number of nitrogens with zero attached hydrogens (tertiary/aromatic N) is 6. The van der Waals surface area contributed by atoms with Crippen LogP contribution >= 0.6 is 11.6 Å². The molecule has 2 aromatic heterocycles. The molecule has 8 nitrogen and oxygen atoms in total.